The molecule has 3 rings (SSSR count). The average molecular weight is 309 g/mol. The van der Waals surface area contributed by atoms with Gasteiger partial charge in [0.05, 0.1) is 0 Å². The standard InChI is InChI=1S/C14H17BrN2O/c1-14(3-2-4-14)17-7-9-5-10-11(12(15)6-9)8-16-13(10)18/h5-6,17H,2-4,7-8H2,1H3,(H,16,18). The third-order valence-electron chi connectivity index (χ3n) is 4.10. The Morgan fingerprint density at radius 2 is 2.22 bits per heavy atom. The second-order valence-corrected chi connectivity index (χ2v) is 6.41. The fourth-order valence-corrected chi connectivity index (χ4v) is 3.29. The minimum atomic E-state index is 0.0439. The van der Waals surface area contributed by atoms with Gasteiger partial charge in [0.15, 0.2) is 0 Å². The monoisotopic (exact) mass is 308 g/mol. The number of nitrogens with one attached hydrogen (secondary N) is 2. The SMILES string of the molecule is CC1(NCc2cc(Br)c3c(c2)C(=O)NC3)CCC1. The van der Waals surface area contributed by atoms with Crippen molar-refractivity contribution in [1.29, 1.82) is 0 Å². The summed E-state index contributed by atoms with van der Waals surface area (Å²) < 4.78 is 1.04. The van der Waals surface area contributed by atoms with Crippen LogP contribution in [-0.2, 0) is 13.1 Å². The summed E-state index contributed by atoms with van der Waals surface area (Å²) in [6.45, 7) is 3.74. The lowest BCUT2D eigenvalue weighted by atomic mass is 9.78. The summed E-state index contributed by atoms with van der Waals surface area (Å²) in [7, 11) is 0. The molecule has 1 fully saturated rings. The van der Waals surface area contributed by atoms with E-state index < -0.39 is 0 Å². The molecule has 0 spiro atoms. The highest BCUT2D eigenvalue weighted by Crippen LogP contribution is 2.32. The molecule has 1 aromatic rings. The fourth-order valence-electron chi connectivity index (χ4n) is 2.64. The van der Waals surface area contributed by atoms with Crippen LogP contribution < -0.4 is 10.6 Å². The van der Waals surface area contributed by atoms with Gasteiger partial charge in [-0.05, 0) is 49.4 Å². The molecule has 0 saturated heterocycles. The molecule has 18 heavy (non-hydrogen) atoms. The Labute approximate surface area is 115 Å². The zero-order valence-corrected chi connectivity index (χ0v) is 12.1. The van der Waals surface area contributed by atoms with Gasteiger partial charge in [-0.25, -0.2) is 0 Å². The van der Waals surface area contributed by atoms with Crippen LogP contribution in [0.1, 0.15) is 47.7 Å². The van der Waals surface area contributed by atoms with E-state index in [2.05, 4.69) is 39.6 Å². The summed E-state index contributed by atoms with van der Waals surface area (Å²) in [6, 6.07) is 4.13. The first-order chi connectivity index (χ1) is 8.57. The summed E-state index contributed by atoms with van der Waals surface area (Å²) in [4.78, 5) is 11.7. The van der Waals surface area contributed by atoms with Crippen molar-refractivity contribution in [1.82, 2.24) is 10.6 Å². The van der Waals surface area contributed by atoms with Gasteiger partial charge in [0.25, 0.3) is 5.91 Å². The molecule has 1 saturated carbocycles. The second-order valence-electron chi connectivity index (χ2n) is 5.55. The van der Waals surface area contributed by atoms with Crippen LogP contribution in [0, 0.1) is 0 Å². The molecule has 0 bridgehead atoms. The zero-order valence-electron chi connectivity index (χ0n) is 10.5. The first-order valence-electron chi connectivity index (χ1n) is 6.42. The van der Waals surface area contributed by atoms with Crippen LogP contribution in [0.25, 0.3) is 0 Å². The van der Waals surface area contributed by atoms with Gasteiger partial charge in [0.2, 0.25) is 0 Å². The molecule has 3 nitrogen and oxygen atoms in total. The molecular weight excluding hydrogens is 292 g/mol. The molecule has 2 N–H and O–H groups in total. The number of hydrogen-bond donors (Lipinski definition) is 2. The van der Waals surface area contributed by atoms with Crippen LogP contribution in [0.3, 0.4) is 0 Å². The van der Waals surface area contributed by atoms with E-state index in [0.29, 0.717) is 12.1 Å². The average Bonchev–Trinajstić information content (AvgIpc) is 2.67. The molecule has 96 valence electrons. The highest BCUT2D eigenvalue weighted by molar-refractivity contribution is 9.10. The lowest BCUT2D eigenvalue weighted by Gasteiger charge is -2.39. The van der Waals surface area contributed by atoms with Gasteiger partial charge in [0.1, 0.15) is 0 Å². The van der Waals surface area contributed by atoms with Gasteiger partial charge in [-0.15, -0.1) is 0 Å². The second kappa shape index (κ2) is 4.35. The highest BCUT2D eigenvalue weighted by atomic mass is 79.9. The van der Waals surface area contributed by atoms with Gasteiger partial charge in [0, 0.05) is 28.7 Å². The van der Waals surface area contributed by atoms with Crippen molar-refractivity contribution in [3.05, 3.63) is 33.3 Å². The van der Waals surface area contributed by atoms with E-state index in [1.807, 2.05) is 6.07 Å². The van der Waals surface area contributed by atoms with Gasteiger partial charge < -0.3 is 10.6 Å². The lowest BCUT2D eigenvalue weighted by molar-refractivity contribution is 0.0965. The predicted molar refractivity (Wildman–Crippen MR) is 74.4 cm³/mol. The number of amides is 1. The van der Waals surface area contributed by atoms with Crippen LogP contribution in [0.2, 0.25) is 0 Å². The molecule has 1 aliphatic carbocycles. The molecule has 0 unspecified atom stereocenters. The Bertz CT molecular complexity index is 509. The number of carbonyl (C=O) groups excluding carboxylic acids is 1. The van der Waals surface area contributed by atoms with Gasteiger partial charge in [-0.3, -0.25) is 4.79 Å². The van der Waals surface area contributed by atoms with Crippen LogP contribution in [0.5, 0.6) is 0 Å². The maximum Gasteiger partial charge on any atom is 0.251 e. The molecule has 1 heterocycles. The molecule has 2 aliphatic rings. The quantitative estimate of drug-likeness (QED) is 0.901. The van der Waals surface area contributed by atoms with Crippen molar-refractivity contribution in [3.63, 3.8) is 0 Å². The number of rotatable bonds is 3. The Kier molecular flexibility index (Phi) is 2.94. The first-order valence-corrected chi connectivity index (χ1v) is 7.21. The van der Waals surface area contributed by atoms with E-state index >= 15 is 0 Å². The molecule has 0 aromatic heterocycles. The maximum absolute atomic E-state index is 11.7. The zero-order chi connectivity index (χ0) is 12.8. The predicted octanol–water partition coefficient (Wildman–Crippen LogP) is 2.72. The van der Waals surface area contributed by atoms with Gasteiger partial charge in [-0.2, -0.15) is 0 Å². The first kappa shape index (κ1) is 12.2. The van der Waals surface area contributed by atoms with Crippen LogP contribution in [-0.4, -0.2) is 11.4 Å². The molecule has 1 amide bonds. The van der Waals surface area contributed by atoms with Crippen molar-refractivity contribution in [3.8, 4) is 0 Å². The Morgan fingerprint density at radius 3 is 2.89 bits per heavy atom. The van der Waals surface area contributed by atoms with Crippen LogP contribution in [0.15, 0.2) is 16.6 Å². The topological polar surface area (TPSA) is 41.1 Å². The molecular formula is C14H17BrN2O. The van der Waals surface area contributed by atoms with Crippen LogP contribution in [0.4, 0.5) is 0 Å². The number of carbonyl (C=O) groups is 1. The summed E-state index contributed by atoms with van der Waals surface area (Å²) >= 11 is 3.56. The third kappa shape index (κ3) is 2.08. The minimum absolute atomic E-state index is 0.0439. The summed E-state index contributed by atoms with van der Waals surface area (Å²) in [5.41, 5.74) is 3.37. The molecule has 0 radical (unpaired) electrons. The largest absolute Gasteiger partial charge is 0.348 e. The number of halogens is 1. The minimum Gasteiger partial charge on any atom is -0.348 e. The summed E-state index contributed by atoms with van der Waals surface area (Å²) in [6.07, 6.45) is 3.82. The molecule has 1 aromatic carbocycles. The van der Waals surface area contributed by atoms with E-state index in [-0.39, 0.29) is 5.91 Å². The number of hydrogen-bond acceptors (Lipinski definition) is 2. The van der Waals surface area contributed by atoms with E-state index in [1.165, 1.54) is 24.8 Å². The third-order valence-corrected chi connectivity index (χ3v) is 4.81. The van der Waals surface area contributed by atoms with Gasteiger partial charge in [-0.1, -0.05) is 15.9 Å². The van der Waals surface area contributed by atoms with Crippen molar-refractivity contribution in [2.24, 2.45) is 0 Å². The van der Waals surface area contributed by atoms with Gasteiger partial charge >= 0.3 is 0 Å². The van der Waals surface area contributed by atoms with E-state index in [1.54, 1.807) is 0 Å². The smallest absolute Gasteiger partial charge is 0.251 e. The van der Waals surface area contributed by atoms with Crippen LogP contribution >= 0.6 is 15.9 Å². The molecule has 4 heteroatoms. The number of benzene rings is 1. The fraction of sp³-hybridized carbons (Fsp3) is 0.500. The van der Waals surface area contributed by atoms with Crippen molar-refractivity contribution in [2.75, 3.05) is 0 Å². The van der Waals surface area contributed by atoms with Crippen molar-refractivity contribution in [2.45, 2.75) is 44.8 Å². The number of fused-ring (bicyclic) bond motifs is 1. The Balaban J connectivity index is 1.79. The Hall–Kier alpha value is -0.870. The van der Waals surface area contributed by atoms with Crippen molar-refractivity contribution < 1.29 is 4.79 Å². The molecule has 0 atom stereocenters. The lowest BCUT2D eigenvalue weighted by Crippen LogP contribution is -2.47. The normalized spacial score (nSPS) is 20.2. The highest BCUT2D eigenvalue weighted by Gasteiger charge is 2.31. The maximum atomic E-state index is 11.7. The van der Waals surface area contributed by atoms with E-state index in [9.17, 15) is 4.79 Å². The summed E-state index contributed by atoms with van der Waals surface area (Å²) in [5.74, 6) is 0.0439. The van der Waals surface area contributed by atoms with E-state index in [4.69, 9.17) is 0 Å². The Morgan fingerprint density at radius 1 is 1.44 bits per heavy atom. The van der Waals surface area contributed by atoms with Crippen molar-refractivity contribution >= 4 is 21.8 Å². The van der Waals surface area contributed by atoms with E-state index in [0.717, 1.165) is 22.1 Å². The molecule has 1 aliphatic heterocycles. The summed E-state index contributed by atoms with van der Waals surface area (Å²) in [5, 5.41) is 6.45.